The summed E-state index contributed by atoms with van der Waals surface area (Å²) in [4.78, 5) is 13.8. The molecule has 2 aromatic heterocycles. The molecular weight excluding hydrogens is 300 g/mol. The van der Waals surface area contributed by atoms with Gasteiger partial charge in [-0.15, -0.1) is 0 Å². The van der Waals surface area contributed by atoms with Gasteiger partial charge in [0.1, 0.15) is 18.5 Å². The van der Waals surface area contributed by atoms with Crippen molar-refractivity contribution in [2.75, 3.05) is 18.0 Å². The van der Waals surface area contributed by atoms with Gasteiger partial charge in [0.2, 0.25) is 0 Å². The molecule has 128 valence electrons. The van der Waals surface area contributed by atoms with Crippen molar-refractivity contribution in [3.63, 3.8) is 0 Å². The fourth-order valence-electron chi connectivity index (χ4n) is 4.65. The molecule has 2 aliphatic rings. The zero-order valence-corrected chi connectivity index (χ0v) is 14.5. The Bertz CT molecular complexity index is 641. The second-order valence-electron chi connectivity index (χ2n) is 7.30. The number of hydrogen-bond acceptors (Lipinski definition) is 5. The molecule has 0 saturated carbocycles. The van der Waals surface area contributed by atoms with E-state index in [4.69, 9.17) is 0 Å². The van der Waals surface area contributed by atoms with Crippen LogP contribution in [0.15, 0.2) is 37.1 Å². The lowest BCUT2D eigenvalue weighted by atomic mass is 9.92. The molecule has 0 aromatic carbocycles. The first kappa shape index (κ1) is 15.6. The Hall–Kier alpha value is -1.95. The van der Waals surface area contributed by atoms with E-state index in [1.807, 2.05) is 23.3 Å². The van der Waals surface area contributed by atoms with Crippen LogP contribution in [0.3, 0.4) is 0 Å². The Balaban J connectivity index is 1.50. The SMILES string of the molecule is CC(C)N1[C@H](Cn2cncn2)C[C@@H]2CN(c3ccccn3)CC[C@@H]21. The molecule has 2 aliphatic heterocycles. The highest BCUT2D eigenvalue weighted by molar-refractivity contribution is 5.38. The van der Waals surface area contributed by atoms with Gasteiger partial charge in [0.05, 0.1) is 6.54 Å². The van der Waals surface area contributed by atoms with Gasteiger partial charge in [0.15, 0.2) is 0 Å². The van der Waals surface area contributed by atoms with Gasteiger partial charge in [-0.2, -0.15) is 5.10 Å². The van der Waals surface area contributed by atoms with E-state index in [1.54, 1.807) is 6.33 Å². The largest absolute Gasteiger partial charge is 0.356 e. The maximum Gasteiger partial charge on any atom is 0.137 e. The molecule has 0 bridgehead atoms. The van der Waals surface area contributed by atoms with Crippen LogP contribution in [0.2, 0.25) is 0 Å². The van der Waals surface area contributed by atoms with Crippen LogP contribution in [0.25, 0.3) is 0 Å². The first-order valence-electron chi connectivity index (χ1n) is 8.98. The Morgan fingerprint density at radius 3 is 2.92 bits per heavy atom. The fraction of sp³-hybridized carbons (Fsp3) is 0.611. The van der Waals surface area contributed by atoms with Crippen LogP contribution in [0.5, 0.6) is 0 Å². The molecule has 6 nitrogen and oxygen atoms in total. The minimum absolute atomic E-state index is 0.547. The minimum Gasteiger partial charge on any atom is -0.356 e. The first-order valence-corrected chi connectivity index (χ1v) is 8.98. The summed E-state index contributed by atoms with van der Waals surface area (Å²) in [5, 5.41) is 4.31. The fourth-order valence-corrected chi connectivity index (χ4v) is 4.65. The van der Waals surface area contributed by atoms with Crippen LogP contribution in [0.1, 0.15) is 26.7 Å². The standard InChI is InChI=1S/C18H26N6/c1-14(2)24-16(11-23-13-19-12-21-23)9-15-10-22(8-6-17(15)24)18-5-3-4-7-20-18/h3-5,7,12-17H,6,8-11H2,1-2H3/t15-,16+,17+/m1/s1. The van der Waals surface area contributed by atoms with Crippen molar-refractivity contribution in [1.82, 2.24) is 24.6 Å². The number of likely N-dealkylation sites (tertiary alicyclic amines) is 1. The van der Waals surface area contributed by atoms with E-state index in [-0.39, 0.29) is 0 Å². The van der Waals surface area contributed by atoms with E-state index < -0.39 is 0 Å². The van der Waals surface area contributed by atoms with Gasteiger partial charge < -0.3 is 4.90 Å². The molecule has 0 N–H and O–H groups in total. The summed E-state index contributed by atoms with van der Waals surface area (Å²) in [6, 6.07) is 7.98. The average molecular weight is 326 g/mol. The smallest absolute Gasteiger partial charge is 0.137 e. The summed E-state index contributed by atoms with van der Waals surface area (Å²) < 4.78 is 1.98. The molecule has 24 heavy (non-hydrogen) atoms. The Morgan fingerprint density at radius 2 is 2.21 bits per heavy atom. The molecule has 4 heterocycles. The van der Waals surface area contributed by atoms with E-state index >= 15 is 0 Å². The molecule has 0 spiro atoms. The lowest BCUT2D eigenvalue weighted by molar-refractivity contribution is 0.114. The summed E-state index contributed by atoms with van der Waals surface area (Å²) in [5.41, 5.74) is 0. The predicted octanol–water partition coefficient (Wildman–Crippen LogP) is 2.05. The van der Waals surface area contributed by atoms with E-state index in [0.29, 0.717) is 24.0 Å². The number of rotatable bonds is 4. The maximum absolute atomic E-state index is 4.54. The lowest BCUT2D eigenvalue weighted by Crippen LogP contribution is -2.49. The highest BCUT2D eigenvalue weighted by Crippen LogP contribution is 2.38. The van der Waals surface area contributed by atoms with Crippen molar-refractivity contribution in [3.8, 4) is 0 Å². The summed E-state index contributed by atoms with van der Waals surface area (Å²) in [5.74, 6) is 1.82. The maximum atomic E-state index is 4.54. The summed E-state index contributed by atoms with van der Waals surface area (Å²) in [6.45, 7) is 7.79. The van der Waals surface area contributed by atoms with Gasteiger partial charge in [-0.3, -0.25) is 9.58 Å². The molecule has 4 rings (SSSR count). The van der Waals surface area contributed by atoms with Crippen molar-refractivity contribution in [1.29, 1.82) is 0 Å². The van der Waals surface area contributed by atoms with Crippen molar-refractivity contribution in [2.45, 2.75) is 51.4 Å². The Morgan fingerprint density at radius 1 is 1.29 bits per heavy atom. The van der Waals surface area contributed by atoms with Gasteiger partial charge in [-0.05, 0) is 44.7 Å². The van der Waals surface area contributed by atoms with E-state index in [0.717, 1.165) is 25.5 Å². The number of fused-ring (bicyclic) bond motifs is 1. The monoisotopic (exact) mass is 326 g/mol. The van der Waals surface area contributed by atoms with Gasteiger partial charge in [-0.1, -0.05) is 6.07 Å². The van der Waals surface area contributed by atoms with Crippen molar-refractivity contribution >= 4 is 5.82 Å². The number of pyridine rings is 1. The van der Waals surface area contributed by atoms with E-state index in [9.17, 15) is 0 Å². The lowest BCUT2D eigenvalue weighted by Gasteiger charge is -2.40. The molecule has 0 radical (unpaired) electrons. The quantitative estimate of drug-likeness (QED) is 0.861. The number of anilines is 1. The number of aromatic nitrogens is 4. The zero-order chi connectivity index (χ0) is 16.5. The Kier molecular flexibility index (Phi) is 4.22. The predicted molar refractivity (Wildman–Crippen MR) is 93.7 cm³/mol. The van der Waals surface area contributed by atoms with Crippen LogP contribution >= 0.6 is 0 Å². The third kappa shape index (κ3) is 2.90. The molecule has 2 saturated heterocycles. The first-order chi connectivity index (χ1) is 11.7. The molecule has 0 amide bonds. The van der Waals surface area contributed by atoms with E-state index in [1.165, 1.54) is 12.8 Å². The number of hydrogen-bond donors (Lipinski definition) is 0. The van der Waals surface area contributed by atoms with Gasteiger partial charge >= 0.3 is 0 Å². The minimum atomic E-state index is 0.547. The highest BCUT2D eigenvalue weighted by atomic mass is 15.4. The van der Waals surface area contributed by atoms with Gasteiger partial charge in [-0.25, -0.2) is 9.97 Å². The third-order valence-electron chi connectivity index (χ3n) is 5.51. The highest BCUT2D eigenvalue weighted by Gasteiger charge is 2.45. The molecular formula is C18H26N6. The molecule has 0 unspecified atom stereocenters. The average Bonchev–Trinajstić information content (AvgIpc) is 3.22. The molecule has 3 atom stereocenters. The molecule has 0 aliphatic carbocycles. The van der Waals surface area contributed by atoms with Crippen LogP contribution in [0.4, 0.5) is 5.82 Å². The van der Waals surface area contributed by atoms with Crippen molar-refractivity contribution < 1.29 is 0 Å². The van der Waals surface area contributed by atoms with Crippen LogP contribution in [0, 0.1) is 5.92 Å². The van der Waals surface area contributed by atoms with Crippen molar-refractivity contribution in [3.05, 3.63) is 37.1 Å². The Labute approximate surface area is 143 Å². The van der Waals surface area contributed by atoms with Crippen LogP contribution in [-0.4, -0.2) is 55.9 Å². The van der Waals surface area contributed by atoms with Crippen LogP contribution in [-0.2, 0) is 6.54 Å². The van der Waals surface area contributed by atoms with Gasteiger partial charge in [0.25, 0.3) is 0 Å². The number of piperidine rings is 1. The molecule has 6 heteroatoms. The van der Waals surface area contributed by atoms with E-state index in [2.05, 4.69) is 50.8 Å². The van der Waals surface area contributed by atoms with Gasteiger partial charge in [0, 0.05) is 37.4 Å². The van der Waals surface area contributed by atoms with Crippen LogP contribution < -0.4 is 4.90 Å². The topological polar surface area (TPSA) is 50.1 Å². The summed E-state index contributed by atoms with van der Waals surface area (Å²) >= 11 is 0. The second-order valence-corrected chi connectivity index (χ2v) is 7.30. The second kappa shape index (κ2) is 6.51. The molecule has 2 fully saturated rings. The normalized spacial score (nSPS) is 27.6. The number of nitrogens with zero attached hydrogens (tertiary/aromatic N) is 6. The third-order valence-corrected chi connectivity index (χ3v) is 5.51. The summed E-state index contributed by atoms with van der Waals surface area (Å²) in [6.07, 6.45) is 7.80. The zero-order valence-electron chi connectivity index (χ0n) is 14.5. The summed E-state index contributed by atoms with van der Waals surface area (Å²) in [7, 11) is 0. The molecule has 2 aromatic rings. The van der Waals surface area contributed by atoms with Crippen molar-refractivity contribution in [2.24, 2.45) is 5.92 Å².